The molecule has 3 heterocycles. The fourth-order valence-electron chi connectivity index (χ4n) is 3.11. The van der Waals surface area contributed by atoms with Gasteiger partial charge in [0.05, 0.1) is 12.3 Å². The van der Waals surface area contributed by atoms with E-state index < -0.39 is 0 Å². The van der Waals surface area contributed by atoms with E-state index in [1.54, 1.807) is 12.4 Å². The third kappa shape index (κ3) is 5.37. The normalized spacial score (nSPS) is 16.2. The van der Waals surface area contributed by atoms with Crippen molar-refractivity contribution >= 4 is 11.8 Å². The second-order valence-corrected chi connectivity index (χ2v) is 6.84. The van der Waals surface area contributed by atoms with Crippen LogP contribution in [0.15, 0.2) is 30.6 Å². The molecule has 26 heavy (non-hydrogen) atoms. The molecular formula is C19H28N6O. The van der Waals surface area contributed by atoms with Crippen LogP contribution in [-0.2, 0) is 0 Å². The zero-order valence-corrected chi connectivity index (χ0v) is 15.3. The second-order valence-electron chi connectivity index (χ2n) is 6.84. The van der Waals surface area contributed by atoms with Crippen molar-refractivity contribution in [3.8, 4) is 11.3 Å². The van der Waals surface area contributed by atoms with Crippen LogP contribution in [0.5, 0.6) is 0 Å². The highest BCUT2D eigenvalue weighted by molar-refractivity contribution is 5.63. The molecule has 0 bridgehead atoms. The molecule has 0 aliphatic carbocycles. The minimum absolute atomic E-state index is 0.0267. The molecule has 1 aliphatic rings. The lowest BCUT2D eigenvalue weighted by Gasteiger charge is -2.22. The molecule has 1 fully saturated rings. The van der Waals surface area contributed by atoms with Crippen LogP contribution >= 0.6 is 0 Å². The summed E-state index contributed by atoms with van der Waals surface area (Å²) in [6, 6.07) is 5.72. The number of pyridine rings is 1. The van der Waals surface area contributed by atoms with Crippen LogP contribution in [0.4, 0.5) is 11.8 Å². The highest BCUT2D eigenvalue weighted by Gasteiger charge is 2.13. The molecule has 2 aromatic heterocycles. The average molecular weight is 356 g/mol. The third-order valence-corrected chi connectivity index (χ3v) is 4.65. The number of aromatic nitrogens is 3. The van der Waals surface area contributed by atoms with Gasteiger partial charge in [0.2, 0.25) is 5.95 Å². The van der Waals surface area contributed by atoms with Crippen molar-refractivity contribution in [2.75, 3.05) is 36.9 Å². The molecule has 0 saturated carbocycles. The van der Waals surface area contributed by atoms with Gasteiger partial charge in [-0.25, -0.2) is 4.98 Å². The molecule has 0 spiro atoms. The van der Waals surface area contributed by atoms with E-state index in [1.165, 1.54) is 12.8 Å². The number of hydrogen-bond acceptors (Lipinski definition) is 7. The van der Waals surface area contributed by atoms with Crippen LogP contribution in [-0.4, -0.2) is 52.3 Å². The van der Waals surface area contributed by atoms with Crippen LogP contribution in [0.25, 0.3) is 11.3 Å². The molecule has 1 aliphatic heterocycles. The Balaban J connectivity index is 1.71. The molecule has 0 radical (unpaired) electrons. The van der Waals surface area contributed by atoms with Gasteiger partial charge in [-0.05, 0) is 57.3 Å². The van der Waals surface area contributed by atoms with Crippen molar-refractivity contribution in [2.24, 2.45) is 5.92 Å². The number of hydrogen-bond donors (Lipinski definition) is 4. The average Bonchev–Trinajstić information content (AvgIpc) is 2.69. The first-order valence-corrected chi connectivity index (χ1v) is 9.36. The van der Waals surface area contributed by atoms with Gasteiger partial charge in [-0.1, -0.05) is 0 Å². The first-order chi connectivity index (χ1) is 12.7. The Morgan fingerprint density at radius 1 is 1.31 bits per heavy atom. The summed E-state index contributed by atoms with van der Waals surface area (Å²) in [7, 11) is 0. The van der Waals surface area contributed by atoms with Gasteiger partial charge in [0.1, 0.15) is 5.82 Å². The Kier molecular flexibility index (Phi) is 6.74. The van der Waals surface area contributed by atoms with Crippen LogP contribution in [0.2, 0.25) is 0 Å². The van der Waals surface area contributed by atoms with E-state index in [9.17, 15) is 5.11 Å². The molecule has 7 heteroatoms. The van der Waals surface area contributed by atoms with Gasteiger partial charge >= 0.3 is 0 Å². The van der Waals surface area contributed by atoms with E-state index in [-0.39, 0.29) is 12.6 Å². The molecule has 1 atom stereocenters. The molecule has 0 unspecified atom stereocenters. The smallest absolute Gasteiger partial charge is 0.225 e. The van der Waals surface area contributed by atoms with Crippen LogP contribution < -0.4 is 16.0 Å². The predicted molar refractivity (Wildman–Crippen MR) is 104 cm³/mol. The summed E-state index contributed by atoms with van der Waals surface area (Å²) in [5.41, 5.74) is 1.75. The van der Waals surface area contributed by atoms with Crippen LogP contribution in [0, 0.1) is 5.92 Å². The number of aliphatic hydroxyl groups is 1. The van der Waals surface area contributed by atoms with Crippen molar-refractivity contribution in [1.82, 2.24) is 20.3 Å². The molecule has 0 amide bonds. The van der Waals surface area contributed by atoms with Gasteiger partial charge in [-0.3, -0.25) is 4.98 Å². The predicted octanol–water partition coefficient (Wildman–Crippen LogP) is 2.13. The fraction of sp³-hybridized carbons (Fsp3) is 0.526. The lowest BCUT2D eigenvalue weighted by molar-refractivity contribution is 0.281. The number of anilines is 2. The van der Waals surface area contributed by atoms with Crippen molar-refractivity contribution in [1.29, 1.82) is 0 Å². The molecule has 140 valence electrons. The Morgan fingerprint density at radius 2 is 2.15 bits per heavy atom. The number of aliphatic hydroxyl groups excluding tert-OH is 1. The van der Waals surface area contributed by atoms with E-state index >= 15 is 0 Å². The van der Waals surface area contributed by atoms with Crippen LogP contribution in [0.3, 0.4) is 0 Å². The van der Waals surface area contributed by atoms with E-state index in [0.717, 1.165) is 49.0 Å². The largest absolute Gasteiger partial charge is 0.394 e. The van der Waals surface area contributed by atoms with Crippen molar-refractivity contribution in [2.45, 2.75) is 32.2 Å². The van der Waals surface area contributed by atoms with E-state index in [4.69, 9.17) is 0 Å². The van der Waals surface area contributed by atoms with Crippen molar-refractivity contribution in [3.63, 3.8) is 0 Å². The summed E-state index contributed by atoms with van der Waals surface area (Å²) in [5, 5.41) is 19.3. The lowest BCUT2D eigenvalue weighted by Crippen LogP contribution is -2.28. The first-order valence-electron chi connectivity index (χ1n) is 9.36. The summed E-state index contributed by atoms with van der Waals surface area (Å²) in [6.45, 7) is 5.05. The summed E-state index contributed by atoms with van der Waals surface area (Å²) < 4.78 is 0. The topological polar surface area (TPSA) is 95.0 Å². The summed E-state index contributed by atoms with van der Waals surface area (Å²) in [4.78, 5) is 13.3. The number of nitrogens with zero attached hydrogens (tertiary/aromatic N) is 3. The molecule has 3 rings (SSSR count). The Labute approximate surface area is 154 Å². The van der Waals surface area contributed by atoms with Gasteiger partial charge < -0.3 is 21.1 Å². The Bertz CT molecular complexity index is 675. The zero-order chi connectivity index (χ0) is 18.2. The molecule has 7 nitrogen and oxygen atoms in total. The highest BCUT2D eigenvalue weighted by atomic mass is 16.3. The van der Waals surface area contributed by atoms with Gasteiger partial charge in [-0.15, -0.1) is 0 Å². The van der Waals surface area contributed by atoms with Gasteiger partial charge in [0, 0.05) is 36.6 Å². The summed E-state index contributed by atoms with van der Waals surface area (Å²) in [6.07, 6.45) is 7.17. The van der Waals surface area contributed by atoms with Gasteiger partial charge in [-0.2, -0.15) is 4.98 Å². The SMILES string of the molecule is C[C@@H](CO)Nc1nc(NCCC2CCNCC2)cc(-c2cccnc2)n1. The quantitative estimate of drug-likeness (QED) is 0.575. The molecule has 0 aromatic carbocycles. The minimum Gasteiger partial charge on any atom is -0.394 e. The van der Waals surface area contributed by atoms with E-state index in [1.807, 2.05) is 25.1 Å². The molecule has 1 saturated heterocycles. The monoisotopic (exact) mass is 356 g/mol. The number of piperidine rings is 1. The maximum atomic E-state index is 9.29. The number of nitrogens with one attached hydrogen (secondary N) is 3. The van der Waals surface area contributed by atoms with E-state index in [0.29, 0.717) is 5.95 Å². The zero-order valence-electron chi connectivity index (χ0n) is 15.3. The molecular weight excluding hydrogens is 328 g/mol. The second kappa shape index (κ2) is 9.45. The van der Waals surface area contributed by atoms with Gasteiger partial charge in [0.25, 0.3) is 0 Å². The van der Waals surface area contributed by atoms with Gasteiger partial charge in [0.15, 0.2) is 0 Å². The van der Waals surface area contributed by atoms with Crippen molar-refractivity contribution < 1.29 is 5.11 Å². The Morgan fingerprint density at radius 3 is 2.88 bits per heavy atom. The Hall–Kier alpha value is -2.25. The maximum absolute atomic E-state index is 9.29. The minimum atomic E-state index is -0.110. The summed E-state index contributed by atoms with van der Waals surface area (Å²) >= 11 is 0. The lowest BCUT2D eigenvalue weighted by atomic mass is 9.95. The highest BCUT2D eigenvalue weighted by Crippen LogP contribution is 2.22. The van der Waals surface area contributed by atoms with Crippen LogP contribution in [0.1, 0.15) is 26.2 Å². The summed E-state index contributed by atoms with van der Waals surface area (Å²) in [5.74, 6) is 2.08. The van der Waals surface area contributed by atoms with Crippen molar-refractivity contribution in [3.05, 3.63) is 30.6 Å². The maximum Gasteiger partial charge on any atom is 0.225 e. The first kappa shape index (κ1) is 18.5. The molecule has 2 aromatic rings. The number of rotatable bonds is 8. The standard InChI is InChI=1S/C19H28N6O/c1-14(13-26)23-19-24-17(16-3-2-7-21-12-16)11-18(25-19)22-10-6-15-4-8-20-9-5-15/h2-3,7,11-12,14-15,20,26H,4-6,8-10,13H2,1H3,(H2,22,23,24,25)/t14-/m0/s1. The molecule has 4 N–H and O–H groups in total. The third-order valence-electron chi connectivity index (χ3n) is 4.65. The van der Waals surface area contributed by atoms with E-state index in [2.05, 4.69) is 30.9 Å². The fourth-order valence-corrected chi connectivity index (χ4v) is 3.11.